The van der Waals surface area contributed by atoms with Crippen LogP contribution in [0.25, 0.3) is 0 Å². The fraction of sp³-hybridized carbons (Fsp3) is 0.238. The van der Waals surface area contributed by atoms with Crippen LogP contribution in [0, 0.1) is 6.92 Å². The molecule has 0 bridgehead atoms. The number of para-hydroxylation sites is 2. The minimum absolute atomic E-state index is 0.431. The molecule has 4 nitrogen and oxygen atoms in total. The molecule has 0 aliphatic heterocycles. The number of nitrogens with one attached hydrogen (secondary N) is 1. The molecule has 3 rings (SSSR count). The maximum Gasteiger partial charge on any atom is 0.229 e. The fourth-order valence-corrected chi connectivity index (χ4v) is 2.80. The number of benzene rings is 2. The lowest BCUT2D eigenvalue weighted by Crippen LogP contribution is -2.13. The molecular formula is C21H24N4. The summed E-state index contributed by atoms with van der Waals surface area (Å²) in [6.07, 6.45) is 0. The molecule has 0 saturated carbocycles. The second-order valence-electron chi connectivity index (χ2n) is 6.45. The molecule has 0 radical (unpaired) electrons. The molecule has 4 heteroatoms. The summed E-state index contributed by atoms with van der Waals surface area (Å²) in [7, 11) is 2.02. The van der Waals surface area contributed by atoms with Gasteiger partial charge in [-0.3, -0.25) is 0 Å². The Morgan fingerprint density at radius 2 is 1.60 bits per heavy atom. The summed E-state index contributed by atoms with van der Waals surface area (Å²) in [5.74, 6) is 1.91. The summed E-state index contributed by atoms with van der Waals surface area (Å²) >= 11 is 0. The van der Waals surface area contributed by atoms with E-state index in [0.717, 1.165) is 22.9 Å². The van der Waals surface area contributed by atoms with Crippen molar-refractivity contribution in [1.82, 2.24) is 9.97 Å². The summed E-state index contributed by atoms with van der Waals surface area (Å²) < 4.78 is 0. The third-order valence-electron chi connectivity index (χ3n) is 4.16. The first-order chi connectivity index (χ1) is 12.0. The van der Waals surface area contributed by atoms with Crippen LogP contribution in [0.3, 0.4) is 0 Å². The highest BCUT2D eigenvalue weighted by atomic mass is 15.2. The zero-order valence-corrected chi connectivity index (χ0v) is 15.2. The van der Waals surface area contributed by atoms with E-state index >= 15 is 0 Å². The maximum atomic E-state index is 4.71. The molecule has 2 aromatic carbocycles. The number of nitrogens with zero attached hydrogens (tertiary/aromatic N) is 3. The van der Waals surface area contributed by atoms with E-state index in [1.165, 1.54) is 5.56 Å². The summed E-state index contributed by atoms with van der Waals surface area (Å²) in [6.45, 7) is 6.36. The quantitative estimate of drug-likeness (QED) is 0.677. The molecule has 0 aliphatic rings. The lowest BCUT2D eigenvalue weighted by Gasteiger charge is -2.20. The largest absolute Gasteiger partial charge is 0.329 e. The van der Waals surface area contributed by atoms with Crippen molar-refractivity contribution in [2.75, 3.05) is 17.3 Å². The maximum absolute atomic E-state index is 4.71. The Bertz CT molecular complexity index is 844. The first-order valence-electron chi connectivity index (χ1n) is 8.55. The summed E-state index contributed by atoms with van der Waals surface area (Å²) in [4.78, 5) is 11.3. The van der Waals surface area contributed by atoms with E-state index < -0.39 is 0 Å². The molecule has 25 heavy (non-hydrogen) atoms. The van der Waals surface area contributed by atoms with Crippen molar-refractivity contribution in [3.8, 4) is 0 Å². The molecular weight excluding hydrogens is 308 g/mol. The Balaban J connectivity index is 1.93. The lowest BCUT2D eigenvalue weighted by molar-refractivity contribution is 0.868. The topological polar surface area (TPSA) is 41.1 Å². The van der Waals surface area contributed by atoms with Crippen LogP contribution in [0.5, 0.6) is 0 Å². The van der Waals surface area contributed by atoms with E-state index in [1.807, 2.05) is 44.3 Å². The van der Waals surface area contributed by atoms with Crippen molar-refractivity contribution >= 4 is 23.1 Å². The van der Waals surface area contributed by atoms with Crippen LogP contribution in [-0.4, -0.2) is 17.0 Å². The Hall–Kier alpha value is -2.88. The summed E-state index contributed by atoms with van der Waals surface area (Å²) in [5, 5.41) is 3.39. The van der Waals surface area contributed by atoms with Crippen molar-refractivity contribution in [3.63, 3.8) is 0 Å². The number of anilines is 4. The number of hydrogen-bond acceptors (Lipinski definition) is 4. The van der Waals surface area contributed by atoms with Gasteiger partial charge in [-0.15, -0.1) is 0 Å². The van der Waals surface area contributed by atoms with Crippen LogP contribution in [0.1, 0.15) is 31.0 Å². The molecule has 0 aliphatic carbocycles. The molecule has 1 N–H and O–H groups in total. The summed E-state index contributed by atoms with van der Waals surface area (Å²) in [6, 6.07) is 20.5. The monoisotopic (exact) mass is 332 g/mol. The van der Waals surface area contributed by atoms with Gasteiger partial charge in [-0.25, -0.2) is 4.98 Å². The first-order valence-corrected chi connectivity index (χ1v) is 8.55. The van der Waals surface area contributed by atoms with E-state index in [4.69, 9.17) is 4.98 Å². The van der Waals surface area contributed by atoms with Crippen molar-refractivity contribution in [2.45, 2.75) is 26.7 Å². The van der Waals surface area contributed by atoms with Gasteiger partial charge in [-0.2, -0.15) is 4.98 Å². The molecule has 1 heterocycles. The molecule has 128 valence electrons. The van der Waals surface area contributed by atoms with Crippen LogP contribution in [0.2, 0.25) is 0 Å². The normalized spacial score (nSPS) is 10.8. The SMILES string of the molecule is Cc1cc(N(C)c2ccccc2)nc(Nc2ccccc2C(C)C)n1. The Kier molecular flexibility index (Phi) is 4.98. The van der Waals surface area contributed by atoms with E-state index in [-0.39, 0.29) is 0 Å². The highest BCUT2D eigenvalue weighted by Crippen LogP contribution is 2.27. The van der Waals surface area contributed by atoms with E-state index in [0.29, 0.717) is 11.9 Å². The van der Waals surface area contributed by atoms with Gasteiger partial charge in [-0.1, -0.05) is 50.2 Å². The van der Waals surface area contributed by atoms with Gasteiger partial charge in [0.1, 0.15) is 5.82 Å². The van der Waals surface area contributed by atoms with Crippen molar-refractivity contribution in [2.24, 2.45) is 0 Å². The van der Waals surface area contributed by atoms with E-state index in [2.05, 4.69) is 59.4 Å². The minimum Gasteiger partial charge on any atom is -0.329 e. The van der Waals surface area contributed by atoms with Gasteiger partial charge in [0.2, 0.25) is 5.95 Å². The van der Waals surface area contributed by atoms with Crippen LogP contribution in [0.15, 0.2) is 60.7 Å². The lowest BCUT2D eigenvalue weighted by atomic mass is 10.0. The molecule has 1 aromatic heterocycles. The predicted octanol–water partition coefficient (Wildman–Crippen LogP) is 5.42. The Morgan fingerprint density at radius 1 is 0.920 bits per heavy atom. The summed E-state index contributed by atoms with van der Waals surface area (Å²) in [5.41, 5.74) is 4.33. The average Bonchev–Trinajstić information content (AvgIpc) is 2.61. The van der Waals surface area contributed by atoms with E-state index in [1.54, 1.807) is 0 Å². The molecule has 0 spiro atoms. The van der Waals surface area contributed by atoms with E-state index in [9.17, 15) is 0 Å². The molecule has 0 fully saturated rings. The molecule has 0 atom stereocenters. The third-order valence-corrected chi connectivity index (χ3v) is 4.16. The number of rotatable bonds is 5. The molecule has 0 saturated heterocycles. The third kappa shape index (κ3) is 3.97. The zero-order chi connectivity index (χ0) is 17.8. The predicted molar refractivity (Wildman–Crippen MR) is 105 cm³/mol. The van der Waals surface area contributed by atoms with Gasteiger partial charge in [0.25, 0.3) is 0 Å². The number of aromatic nitrogens is 2. The van der Waals surface area contributed by atoms with Gasteiger partial charge in [-0.05, 0) is 36.6 Å². The van der Waals surface area contributed by atoms with Gasteiger partial charge in [0.05, 0.1) is 0 Å². The average molecular weight is 332 g/mol. The van der Waals surface area contributed by atoms with Crippen molar-refractivity contribution in [3.05, 3.63) is 71.9 Å². The molecule has 3 aromatic rings. The van der Waals surface area contributed by atoms with Gasteiger partial charge < -0.3 is 10.2 Å². The van der Waals surface area contributed by atoms with Crippen LogP contribution in [0.4, 0.5) is 23.1 Å². The highest BCUT2D eigenvalue weighted by Gasteiger charge is 2.11. The van der Waals surface area contributed by atoms with Crippen molar-refractivity contribution < 1.29 is 0 Å². The smallest absolute Gasteiger partial charge is 0.229 e. The Morgan fingerprint density at radius 3 is 2.32 bits per heavy atom. The van der Waals surface area contributed by atoms with Crippen LogP contribution >= 0.6 is 0 Å². The first kappa shape index (κ1) is 17.0. The second kappa shape index (κ2) is 7.34. The van der Waals surface area contributed by atoms with Crippen molar-refractivity contribution in [1.29, 1.82) is 0 Å². The van der Waals surface area contributed by atoms with Gasteiger partial charge in [0.15, 0.2) is 0 Å². The molecule has 0 unspecified atom stereocenters. The standard InChI is InChI=1S/C21H24N4/c1-15(2)18-12-8-9-13-19(18)23-21-22-16(3)14-20(24-21)25(4)17-10-6-5-7-11-17/h5-15H,1-4H3,(H,22,23,24). The van der Waals surface area contributed by atoms with Crippen LogP contribution < -0.4 is 10.2 Å². The van der Waals surface area contributed by atoms with Gasteiger partial charge >= 0.3 is 0 Å². The van der Waals surface area contributed by atoms with Crippen LogP contribution in [-0.2, 0) is 0 Å². The second-order valence-corrected chi connectivity index (χ2v) is 6.45. The highest BCUT2D eigenvalue weighted by molar-refractivity contribution is 5.63. The zero-order valence-electron chi connectivity index (χ0n) is 15.2. The number of aryl methyl sites for hydroxylation is 1. The molecule has 0 amide bonds. The fourth-order valence-electron chi connectivity index (χ4n) is 2.80. The Labute approximate surface area is 149 Å². The van der Waals surface area contributed by atoms with Gasteiger partial charge in [0, 0.05) is 30.2 Å². The number of hydrogen-bond donors (Lipinski definition) is 1. The minimum atomic E-state index is 0.431.